The Labute approximate surface area is 143 Å². The third kappa shape index (κ3) is 4.19. The van der Waals surface area contributed by atoms with Crippen molar-refractivity contribution in [3.63, 3.8) is 0 Å². The molecule has 2 rings (SSSR count). The van der Waals surface area contributed by atoms with Crippen LogP contribution in [0.4, 0.5) is 10.5 Å². The van der Waals surface area contributed by atoms with E-state index in [2.05, 4.69) is 10.6 Å². The zero-order valence-electron chi connectivity index (χ0n) is 14.8. The number of amides is 2. The lowest BCUT2D eigenvalue weighted by atomic mass is 9.94. The van der Waals surface area contributed by atoms with Crippen molar-refractivity contribution < 1.29 is 14.3 Å². The molecule has 0 bridgehead atoms. The average molecular weight is 328 g/mol. The van der Waals surface area contributed by atoms with E-state index in [0.717, 1.165) is 16.8 Å². The first-order valence-corrected chi connectivity index (χ1v) is 7.74. The Morgan fingerprint density at radius 2 is 1.58 bits per heavy atom. The van der Waals surface area contributed by atoms with Crippen molar-refractivity contribution in [2.24, 2.45) is 0 Å². The van der Waals surface area contributed by atoms with Gasteiger partial charge in [-0.05, 0) is 50.6 Å². The third-order valence-corrected chi connectivity index (χ3v) is 3.84. The fourth-order valence-electron chi connectivity index (χ4n) is 2.38. The summed E-state index contributed by atoms with van der Waals surface area (Å²) in [5, 5.41) is 5.82. The van der Waals surface area contributed by atoms with E-state index in [-0.39, 0.29) is 6.03 Å². The van der Waals surface area contributed by atoms with Crippen LogP contribution in [-0.4, -0.2) is 20.3 Å². The standard InChI is InChI=1S/C19H24N2O3/c1-13-6-9-15(10-7-13)20-18(22)21-19(2,3)14-8-11-16(23-4)17(12-14)24-5/h6-12H,1-5H3,(H2,20,21,22). The van der Waals surface area contributed by atoms with Crippen LogP contribution in [-0.2, 0) is 5.54 Å². The van der Waals surface area contributed by atoms with Crippen LogP contribution in [0.25, 0.3) is 0 Å². The highest BCUT2D eigenvalue weighted by atomic mass is 16.5. The predicted molar refractivity (Wildman–Crippen MR) is 95.9 cm³/mol. The lowest BCUT2D eigenvalue weighted by Gasteiger charge is -2.27. The number of rotatable bonds is 5. The fraction of sp³-hybridized carbons (Fsp3) is 0.316. The number of nitrogens with one attached hydrogen (secondary N) is 2. The molecule has 2 aromatic rings. The van der Waals surface area contributed by atoms with Gasteiger partial charge in [0.25, 0.3) is 0 Å². The van der Waals surface area contributed by atoms with Gasteiger partial charge in [-0.3, -0.25) is 0 Å². The average Bonchev–Trinajstić information content (AvgIpc) is 2.55. The number of hydrogen-bond donors (Lipinski definition) is 2. The molecule has 0 saturated heterocycles. The number of carbonyl (C=O) groups is 1. The van der Waals surface area contributed by atoms with E-state index in [1.807, 2.05) is 63.2 Å². The Morgan fingerprint density at radius 1 is 0.958 bits per heavy atom. The highest BCUT2D eigenvalue weighted by molar-refractivity contribution is 5.89. The van der Waals surface area contributed by atoms with Crippen LogP contribution >= 0.6 is 0 Å². The first kappa shape index (κ1) is 17.7. The van der Waals surface area contributed by atoms with Crippen LogP contribution in [0.3, 0.4) is 0 Å². The number of ether oxygens (including phenoxy) is 2. The normalized spacial score (nSPS) is 10.9. The molecule has 0 aliphatic rings. The summed E-state index contributed by atoms with van der Waals surface area (Å²) in [4.78, 5) is 12.3. The van der Waals surface area contributed by atoms with E-state index in [1.165, 1.54) is 0 Å². The van der Waals surface area contributed by atoms with Crippen LogP contribution < -0.4 is 20.1 Å². The van der Waals surface area contributed by atoms with Crippen molar-refractivity contribution in [3.8, 4) is 11.5 Å². The Hall–Kier alpha value is -2.69. The molecule has 24 heavy (non-hydrogen) atoms. The Bertz CT molecular complexity index is 709. The topological polar surface area (TPSA) is 59.6 Å². The van der Waals surface area contributed by atoms with E-state index < -0.39 is 5.54 Å². The molecule has 5 heteroatoms. The van der Waals surface area contributed by atoms with Gasteiger partial charge in [-0.1, -0.05) is 23.8 Å². The summed E-state index contributed by atoms with van der Waals surface area (Å²) in [6.45, 7) is 5.87. The minimum Gasteiger partial charge on any atom is -0.493 e. The summed E-state index contributed by atoms with van der Waals surface area (Å²) in [6.07, 6.45) is 0. The largest absolute Gasteiger partial charge is 0.493 e. The van der Waals surface area contributed by atoms with E-state index in [9.17, 15) is 4.79 Å². The molecule has 2 N–H and O–H groups in total. The summed E-state index contributed by atoms with van der Waals surface area (Å²) in [5.41, 5.74) is 2.24. The lowest BCUT2D eigenvalue weighted by molar-refractivity contribution is 0.241. The molecule has 2 amide bonds. The van der Waals surface area contributed by atoms with Crippen LogP contribution in [0.15, 0.2) is 42.5 Å². The van der Waals surface area contributed by atoms with Gasteiger partial charge in [0.1, 0.15) is 0 Å². The summed E-state index contributed by atoms with van der Waals surface area (Å²) in [7, 11) is 3.18. The van der Waals surface area contributed by atoms with Crippen molar-refractivity contribution in [3.05, 3.63) is 53.6 Å². The number of methoxy groups -OCH3 is 2. The molecule has 5 nitrogen and oxygen atoms in total. The van der Waals surface area contributed by atoms with E-state index in [0.29, 0.717) is 11.5 Å². The molecule has 0 unspecified atom stereocenters. The maximum Gasteiger partial charge on any atom is 0.319 e. The molecular weight excluding hydrogens is 304 g/mol. The van der Waals surface area contributed by atoms with Crippen LogP contribution in [0.1, 0.15) is 25.0 Å². The maximum atomic E-state index is 12.3. The van der Waals surface area contributed by atoms with Crippen molar-refractivity contribution in [1.82, 2.24) is 5.32 Å². The molecule has 0 aliphatic heterocycles. The maximum absolute atomic E-state index is 12.3. The molecule has 0 heterocycles. The SMILES string of the molecule is COc1ccc(C(C)(C)NC(=O)Nc2ccc(C)cc2)cc1OC. The van der Waals surface area contributed by atoms with Crippen molar-refractivity contribution in [2.45, 2.75) is 26.3 Å². The van der Waals surface area contributed by atoms with Gasteiger partial charge >= 0.3 is 6.03 Å². The van der Waals surface area contributed by atoms with Gasteiger partial charge in [-0.15, -0.1) is 0 Å². The molecular formula is C19H24N2O3. The molecule has 2 aromatic carbocycles. The van der Waals surface area contributed by atoms with Gasteiger partial charge in [0.05, 0.1) is 19.8 Å². The third-order valence-electron chi connectivity index (χ3n) is 3.84. The summed E-state index contributed by atoms with van der Waals surface area (Å²) in [6, 6.07) is 13.0. The van der Waals surface area contributed by atoms with E-state index >= 15 is 0 Å². The highest BCUT2D eigenvalue weighted by Gasteiger charge is 2.24. The smallest absolute Gasteiger partial charge is 0.319 e. The van der Waals surface area contributed by atoms with Gasteiger partial charge in [0.15, 0.2) is 11.5 Å². The first-order valence-electron chi connectivity index (χ1n) is 7.74. The van der Waals surface area contributed by atoms with Gasteiger partial charge in [-0.25, -0.2) is 4.79 Å². The van der Waals surface area contributed by atoms with Crippen LogP contribution in [0.5, 0.6) is 11.5 Å². The quantitative estimate of drug-likeness (QED) is 0.870. The second-order valence-electron chi connectivity index (χ2n) is 6.14. The van der Waals surface area contributed by atoms with Gasteiger partial charge < -0.3 is 20.1 Å². The van der Waals surface area contributed by atoms with Crippen molar-refractivity contribution in [2.75, 3.05) is 19.5 Å². The van der Waals surface area contributed by atoms with Crippen LogP contribution in [0.2, 0.25) is 0 Å². The second-order valence-corrected chi connectivity index (χ2v) is 6.14. The van der Waals surface area contributed by atoms with Crippen LogP contribution in [0, 0.1) is 6.92 Å². The van der Waals surface area contributed by atoms with Crippen molar-refractivity contribution >= 4 is 11.7 Å². The molecule has 0 radical (unpaired) electrons. The van der Waals surface area contributed by atoms with E-state index in [4.69, 9.17) is 9.47 Å². The molecule has 0 saturated carbocycles. The summed E-state index contributed by atoms with van der Waals surface area (Å²) >= 11 is 0. The Morgan fingerprint density at radius 3 is 2.17 bits per heavy atom. The number of benzene rings is 2. The first-order chi connectivity index (χ1) is 11.4. The zero-order chi connectivity index (χ0) is 17.7. The number of aryl methyl sites for hydroxylation is 1. The van der Waals surface area contributed by atoms with Crippen molar-refractivity contribution in [1.29, 1.82) is 0 Å². The monoisotopic (exact) mass is 328 g/mol. The van der Waals surface area contributed by atoms with Gasteiger partial charge in [-0.2, -0.15) is 0 Å². The number of hydrogen-bond acceptors (Lipinski definition) is 3. The molecule has 0 atom stereocenters. The van der Waals surface area contributed by atoms with E-state index in [1.54, 1.807) is 14.2 Å². The number of anilines is 1. The highest BCUT2D eigenvalue weighted by Crippen LogP contribution is 2.32. The fourth-order valence-corrected chi connectivity index (χ4v) is 2.38. The zero-order valence-corrected chi connectivity index (χ0v) is 14.8. The summed E-state index contributed by atoms with van der Waals surface area (Å²) in [5.74, 6) is 1.28. The summed E-state index contributed by atoms with van der Waals surface area (Å²) < 4.78 is 10.6. The minimum absolute atomic E-state index is 0.265. The van der Waals surface area contributed by atoms with Gasteiger partial charge in [0.2, 0.25) is 0 Å². The molecule has 0 aliphatic carbocycles. The minimum atomic E-state index is -0.575. The Kier molecular flexibility index (Phi) is 5.34. The Balaban J connectivity index is 2.12. The lowest BCUT2D eigenvalue weighted by Crippen LogP contribution is -2.43. The van der Waals surface area contributed by atoms with Gasteiger partial charge in [0, 0.05) is 5.69 Å². The molecule has 0 aromatic heterocycles. The molecule has 0 spiro atoms. The molecule has 0 fully saturated rings. The number of carbonyl (C=O) groups excluding carboxylic acids is 1. The molecule has 128 valence electrons. The second kappa shape index (κ2) is 7.25. The number of urea groups is 1. The predicted octanol–water partition coefficient (Wildman–Crippen LogP) is 4.07.